The highest BCUT2D eigenvalue weighted by molar-refractivity contribution is 9.10. The molecule has 1 aliphatic heterocycles. The SMILES string of the molecule is CCCCS(=O)(=O)N1CCC(C(=O)N(CCC)C(C)c2ccccc2Br)CC1. The second kappa shape index (κ2) is 10.7. The second-order valence-electron chi connectivity index (χ2n) is 7.57. The van der Waals surface area contributed by atoms with Crippen LogP contribution in [0.2, 0.25) is 0 Å². The minimum atomic E-state index is -3.19. The summed E-state index contributed by atoms with van der Waals surface area (Å²) in [4.78, 5) is 15.2. The number of sulfonamides is 1. The van der Waals surface area contributed by atoms with Gasteiger partial charge in [-0.3, -0.25) is 4.79 Å². The van der Waals surface area contributed by atoms with Crippen molar-refractivity contribution >= 4 is 31.9 Å². The molecule has 0 saturated carbocycles. The molecule has 0 N–H and O–H groups in total. The van der Waals surface area contributed by atoms with Gasteiger partial charge in [0.25, 0.3) is 0 Å². The molecule has 1 fully saturated rings. The van der Waals surface area contributed by atoms with Gasteiger partial charge in [-0.15, -0.1) is 0 Å². The van der Waals surface area contributed by atoms with E-state index >= 15 is 0 Å². The summed E-state index contributed by atoms with van der Waals surface area (Å²) in [5.41, 5.74) is 1.10. The zero-order valence-corrected chi connectivity index (χ0v) is 19.6. The highest BCUT2D eigenvalue weighted by Crippen LogP contribution is 2.31. The van der Waals surface area contributed by atoms with Crippen LogP contribution in [-0.4, -0.2) is 48.9 Å². The third kappa shape index (κ3) is 5.80. The largest absolute Gasteiger partial charge is 0.336 e. The van der Waals surface area contributed by atoms with Crippen molar-refractivity contribution in [1.29, 1.82) is 0 Å². The molecule has 1 amide bonds. The number of piperidine rings is 1. The predicted molar refractivity (Wildman–Crippen MR) is 118 cm³/mol. The van der Waals surface area contributed by atoms with E-state index in [-0.39, 0.29) is 23.6 Å². The molecule has 2 rings (SSSR count). The van der Waals surface area contributed by atoms with Crippen molar-refractivity contribution < 1.29 is 13.2 Å². The number of nitrogens with zero attached hydrogens (tertiary/aromatic N) is 2. The summed E-state index contributed by atoms with van der Waals surface area (Å²) in [7, 11) is -3.19. The molecule has 1 saturated heterocycles. The summed E-state index contributed by atoms with van der Waals surface area (Å²) in [5, 5.41) is 0. The fourth-order valence-electron chi connectivity index (χ4n) is 3.79. The Bertz CT molecular complexity index is 746. The molecule has 0 spiro atoms. The van der Waals surface area contributed by atoms with E-state index in [1.54, 1.807) is 4.31 Å². The topological polar surface area (TPSA) is 57.7 Å². The van der Waals surface area contributed by atoms with Gasteiger partial charge in [0.15, 0.2) is 0 Å². The van der Waals surface area contributed by atoms with Gasteiger partial charge in [0.05, 0.1) is 11.8 Å². The van der Waals surface area contributed by atoms with Crippen LogP contribution in [0.4, 0.5) is 0 Å². The van der Waals surface area contributed by atoms with Crippen molar-refractivity contribution in [3.05, 3.63) is 34.3 Å². The highest BCUT2D eigenvalue weighted by atomic mass is 79.9. The Hall–Kier alpha value is -0.920. The van der Waals surface area contributed by atoms with Crippen LogP contribution in [0.3, 0.4) is 0 Å². The van der Waals surface area contributed by atoms with Crippen LogP contribution in [0.25, 0.3) is 0 Å². The lowest BCUT2D eigenvalue weighted by Crippen LogP contribution is -2.45. The Kier molecular flexibility index (Phi) is 8.96. The van der Waals surface area contributed by atoms with Crippen molar-refractivity contribution in [3.8, 4) is 0 Å². The molecule has 1 atom stereocenters. The van der Waals surface area contributed by atoms with Gasteiger partial charge in [-0.25, -0.2) is 12.7 Å². The molecule has 28 heavy (non-hydrogen) atoms. The first kappa shape index (κ1) is 23.4. The van der Waals surface area contributed by atoms with Gasteiger partial charge in [-0.05, 0) is 44.2 Å². The zero-order valence-electron chi connectivity index (χ0n) is 17.2. The number of carbonyl (C=O) groups excluding carboxylic acids is 1. The smallest absolute Gasteiger partial charge is 0.226 e. The van der Waals surface area contributed by atoms with Crippen molar-refractivity contribution in [2.24, 2.45) is 5.92 Å². The number of carbonyl (C=O) groups is 1. The van der Waals surface area contributed by atoms with E-state index in [0.29, 0.717) is 38.9 Å². The molecule has 1 aromatic rings. The summed E-state index contributed by atoms with van der Waals surface area (Å²) in [6.45, 7) is 7.75. The van der Waals surface area contributed by atoms with Gasteiger partial charge in [0, 0.05) is 30.0 Å². The number of hydrogen-bond donors (Lipinski definition) is 0. The summed E-state index contributed by atoms with van der Waals surface area (Å²) in [6.07, 6.45) is 3.66. The van der Waals surface area contributed by atoms with Gasteiger partial charge < -0.3 is 4.90 Å². The van der Waals surface area contributed by atoms with Gasteiger partial charge >= 0.3 is 0 Å². The lowest BCUT2D eigenvalue weighted by atomic mass is 9.95. The normalized spacial score (nSPS) is 17.4. The molecule has 7 heteroatoms. The Morgan fingerprint density at radius 2 is 1.86 bits per heavy atom. The van der Waals surface area contributed by atoms with E-state index in [1.165, 1.54) is 0 Å². The van der Waals surface area contributed by atoms with Gasteiger partial charge in [0.1, 0.15) is 0 Å². The van der Waals surface area contributed by atoms with Crippen LogP contribution in [0.5, 0.6) is 0 Å². The van der Waals surface area contributed by atoms with Crippen LogP contribution in [0.1, 0.15) is 64.5 Å². The molecule has 1 unspecified atom stereocenters. The summed E-state index contributed by atoms with van der Waals surface area (Å²) in [5.74, 6) is 0.258. The van der Waals surface area contributed by atoms with E-state index in [0.717, 1.165) is 22.9 Å². The van der Waals surface area contributed by atoms with Gasteiger partial charge in [0.2, 0.25) is 15.9 Å². The average molecular weight is 473 g/mol. The monoisotopic (exact) mass is 472 g/mol. The Balaban J connectivity index is 2.06. The Labute approximate surface area is 178 Å². The maximum absolute atomic E-state index is 13.3. The first-order chi connectivity index (χ1) is 13.3. The molecule has 0 bridgehead atoms. The number of benzene rings is 1. The number of unbranched alkanes of at least 4 members (excludes halogenated alkanes) is 1. The molecule has 5 nitrogen and oxygen atoms in total. The second-order valence-corrected chi connectivity index (χ2v) is 10.5. The van der Waals surface area contributed by atoms with Gasteiger partial charge in [-0.2, -0.15) is 0 Å². The molecule has 1 aliphatic rings. The van der Waals surface area contributed by atoms with E-state index < -0.39 is 10.0 Å². The maximum Gasteiger partial charge on any atom is 0.226 e. The van der Waals surface area contributed by atoms with Crippen molar-refractivity contribution in [2.75, 3.05) is 25.4 Å². The van der Waals surface area contributed by atoms with E-state index in [4.69, 9.17) is 0 Å². The number of amides is 1. The molecule has 0 aromatic heterocycles. The number of hydrogen-bond acceptors (Lipinski definition) is 3. The third-order valence-corrected chi connectivity index (χ3v) is 8.20. The van der Waals surface area contributed by atoms with Gasteiger partial charge in [-0.1, -0.05) is 54.4 Å². The minimum absolute atomic E-state index is 0.0191. The molecule has 1 aromatic carbocycles. The average Bonchev–Trinajstić information content (AvgIpc) is 2.70. The van der Waals surface area contributed by atoms with Crippen LogP contribution >= 0.6 is 15.9 Å². The van der Waals surface area contributed by atoms with E-state index in [2.05, 4.69) is 29.8 Å². The van der Waals surface area contributed by atoms with Crippen molar-refractivity contribution in [2.45, 2.75) is 58.9 Å². The van der Waals surface area contributed by atoms with Crippen LogP contribution in [0.15, 0.2) is 28.7 Å². The molecular formula is C21H33BrN2O3S. The van der Waals surface area contributed by atoms with Crippen LogP contribution < -0.4 is 0 Å². The molecule has 158 valence electrons. The lowest BCUT2D eigenvalue weighted by molar-refractivity contribution is -0.139. The first-order valence-corrected chi connectivity index (χ1v) is 12.7. The summed E-state index contributed by atoms with van der Waals surface area (Å²) >= 11 is 3.60. The fourth-order valence-corrected chi connectivity index (χ4v) is 6.08. The first-order valence-electron chi connectivity index (χ1n) is 10.3. The number of halogens is 1. The van der Waals surface area contributed by atoms with Crippen LogP contribution in [-0.2, 0) is 14.8 Å². The third-order valence-electron chi connectivity index (χ3n) is 5.52. The number of rotatable bonds is 9. The Morgan fingerprint density at radius 1 is 1.21 bits per heavy atom. The Morgan fingerprint density at radius 3 is 2.43 bits per heavy atom. The predicted octanol–water partition coefficient (Wildman–Crippen LogP) is 4.59. The quantitative estimate of drug-likeness (QED) is 0.527. The fraction of sp³-hybridized carbons (Fsp3) is 0.667. The standard InChI is InChI=1S/C21H33BrN2O3S/c1-4-6-16-28(26,27)23-14-11-18(12-15-23)21(25)24(13-5-2)17(3)19-9-7-8-10-20(19)22/h7-10,17-18H,4-6,11-16H2,1-3H3. The summed E-state index contributed by atoms with van der Waals surface area (Å²) in [6, 6.07) is 7.99. The van der Waals surface area contributed by atoms with Crippen molar-refractivity contribution in [3.63, 3.8) is 0 Å². The molecule has 0 aliphatic carbocycles. The van der Waals surface area contributed by atoms with E-state index in [9.17, 15) is 13.2 Å². The highest BCUT2D eigenvalue weighted by Gasteiger charge is 2.34. The molecule has 1 heterocycles. The summed E-state index contributed by atoms with van der Waals surface area (Å²) < 4.78 is 27.4. The van der Waals surface area contributed by atoms with Crippen molar-refractivity contribution in [1.82, 2.24) is 9.21 Å². The molecular weight excluding hydrogens is 440 g/mol. The minimum Gasteiger partial charge on any atom is -0.336 e. The van der Waals surface area contributed by atoms with E-state index in [1.807, 2.05) is 36.1 Å². The lowest BCUT2D eigenvalue weighted by Gasteiger charge is -2.36. The molecule has 0 radical (unpaired) electrons. The maximum atomic E-state index is 13.3. The van der Waals surface area contributed by atoms with Crippen LogP contribution in [0, 0.1) is 5.92 Å². The zero-order chi connectivity index (χ0) is 20.7.